The lowest BCUT2D eigenvalue weighted by Crippen LogP contribution is -2.43. The van der Waals surface area contributed by atoms with Crippen LogP contribution in [0.1, 0.15) is 37.5 Å². The molecule has 1 atom stereocenters. The second kappa shape index (κ2) is 7.29. The smallest absolute Gasteiger partial charge is 0.236 e. The zero-order valence-electron chi connectivity index (χ0n) is 12.7. The Morgan fingerprint density at radius 2 is 1.89 bits per heavy atom. The van der Waals surface area contributed by atoms with Crippen LogP contribution in [0, 0.1) is 19.8 Å². The van der Waals surface area contributed by atoms with E-state index < -0.39 is 0 Å². The second-order valence-corrected chi connectivity index (χ2v) is 5.67. The first-order valence-corrected chi connectivity index (χ1v) is 6.97. The van der Waals surface area contributed by atoms with Crippen molar-refractivity contribution in [1.29, 1.82) is 0 Å². The SMILES string of the molecule is Cc1ccc(C)c(CNC(C)C(=O)NCC(C)C)c1. The fraction of sp³-hybridized carbons (Fsp3) is 0.562. The van der Waals surface area contributed by atoms with Gasteiger partial charge in [0, 0.05) is 13.1 Å². The van der Waals surface area contributed by atoms with Gasteiger partial charge >= 0.3 is 0 Å². The minimum Gasteiger partial charge on any atom is -0.354 e. The maximum atomic E-state index is 11.8. The van der Waals surface area contributed by atoms with Crippen molar-refractivity contribution in [3.8, 4) is 0 Å². The lowest BCUT2D eigenvalue weighted by molar-refractivity contribution is -0.122. The van der Waals surface area contributed by atoms with Crippen LogP contribution in [0.3, 0.4) is 0 Å². The van der Waals surface area contributed by atoms with Crippen molar-refractivity contribution in [2.24, 2.45) is 5.92 Å². The Kier molecular flexibility index (Phi) is 6.03. The van der Waals surface area contributed by atoms with Crippen molar-refractivity contribution in [1.82, 2.24) is 10.6 Å². The van der Waals surface area contributed by atoms with E-state index in [1.54, 1.807) is 0 Å². The lowest BCUT2D eigenvalue weighted by Gasteiger charge is -2.16. The number of benzene rings is 1. The van der Waals surface area contributed by atoms with Crippen LogP contribution in [0.4, 0.5) is 0 Å². The third-order valence-corrected chi connectivity index (χ3v) is 3.18. The summed E-state index contributed by atoms with van der Waals surface area (Å²) in [6.07, 6.45) is 0. The highest BCUT2D eigenvalue weighted by Gasteiger charge is 2.12. The van der Waals surface area contributed by atoms with Crippen LogP contribution in [0.25, 0.3) is 0 Å². The molecule has 3 nitrogen and oxygen atoms in total. The topological polar surface area (TPSA) is 41.1 Å². The van der Waals surface area contributed by atoms with Gasteiger partial charge in [-0.3, -0.25) is 4.79 Å². The molecule has 3 heteroatoms. The summed E-state index contributed by atoms with van der Waals surface area (Å²) < 4.78 is 0. The Morgan fingerprint density at radius 1 is 1.21 bits per heavy atom. The van der Waals surface area contributed by atoms with Crippen LogP contribution in [0.5, 0.6) is 0 Å². The van der Waals surface area contributed by atoms with Gasteiger partial charge in [0.2, 0.25) is 5.91 Å². The van der Waals surface area contributed by atoms with Crippen LogP contribution in [-0.4, -0.2) is 18.5 Å². The molecule has 0 heterocycles. The van der Waals surface area contributed by atoms with Crippen molar-refractivity contribution < 1.29 is 4.79 Å². The van der Waals surface area contributed by atoms with Crippen LogP contribution in [-0.2, 0) is 11.3 Å². The highest BCUT2D eigenvalue weighted by molar-refractivity contribution is 5.81. The van der Waals surface area contributed by atoms with Crippen LogP contribution in [0.2, 0.25) is 0 Å². The Balaban J connectivity index is 2.47. The van der Waals surface area contributed by atoms with Crippen LogP contribution in [0.15, 0.2) is 18.2 Å². The Labute approximate surface area is 116 Å². The molecule has 0 aliphatic rings. The van der Waals surface area contributed by atoms with Gasteiger partial charge in [-0.25, -0.2) is 0 Å². The molecule has 2 N–H and O–H groups in total. The molecule has 0 aliphatic carbocycles. The third-order valence-electron chi connectivity index (χ3n) is 3.18. The molecule has 1 aromatic carbocycles. The monoisotopic (exact) mass is 262 g/mol. The van der Waals surface area contributed by atoms with Crippen molar-refractivity contribution in [2.75, 3.05) is 6.54 Å². The molecule has 1 amide bonds. The molecule has 0 aliphatic heterocycles. The van der Waals surface area contributed by atoms with E-state index in [9.17, 15) is 4.79 Å². The summed E-state index contributed by atoms with van der Waals surface area (Å²) in [4.78, 5) is 11.8. The summed E-state index contributed by atoms with van der Waals surface area (Å²) >= 11 is 0. The zero-order valence-corrected chi connectivity index (χ0v) is 12.7. The average molecular weight is 262 g/mol. The van der Waals surface area contributed by atoms with E-state index in [0.29, 0.717) is 5.92 Å². The number of carbonyl (C=O) groups is 1. The predicted octanol–water partition coefficient (Wildman–Crippen LogP) is 2.55. The highest BCUT2D eigenvalue weighted by atomic mass is 16.2. The summed E-state index contributed by atoms with van der Waals surface area (Å²) in [5.74, 6) is 0.550. The fourth-order valence-corrected chi connectivity index (χ4v) is 1.80. The van der Waals surface area contributed by atoms with Crippen LogP contribution >= 0.6 is 0 Å². The number of hydrogen-bond acceptors (Lipinski definition) is 2. The fourth-order valence-electron chi connectivity index (χ4n) is 1.80. The quantitative estimate of drug-likeness (QED) is 0.827. The van der Waals surface area contributed by atoms with E-state index in [-0.39, 0.29) is 11.9 Å². The molecule has 0 spiro atoms. The molecule has 0 radical (unpaired) electrons. The molecular formula is C16H26N2O. The van der Waals surface area contributed by atoms with Gasteiger partial charge in [-0.2, -0.15) is 0 Å². The molecule has 1 aromatic rings. The van der Waals surface area contributed by atoms with Gasteiger partial charge in [0.25, 0.3) is 0 Å². The predicted molar refractivity (Wildman–Crippen MR) is 80.1 cm³/mol. The second-order valence-electron chi connectivity index (χ2n) is 5.67. The normalized spacial score (nSPS) is 12.5. The van der Waals surface area contributed by atoms with Gasteiger partial charge in [0.15, 0.2) is 0 Å². The molecule has 1 unspecified atom stereocenters. The highest BCUT2D eigenvalue weighted by Crippen LogP contribution is 2.10. The molecule has 0 saturated carbocycles. The maximum Gasteiger partial charge on any atom is 0.236 e. The number of carbonyl (C=O) groups excluding carboxylic acids is 1. The minimum absolute atomic E-state index is 0.0685. The van der Waals surface area contributed by atoms with Crippen molar-refractivity contribution in [3.63, 3.8) is 0 Å². The molecule has 19 heavy (non-hydrogen) atoms. The summed E-state index contributed by atoms with van der Waals surface area (Å²) in [5.41, 5.74) is 3.76. The molecule has 1 rings (SSSR count). The Morgan fingerprint density at radius 3 is 2.53 bits per heavy atom. The Bertz CT molecular complexity index is 427. The average Bonchev–Trinajstić information content (AvgIpc) is 2.36. The zero-order chi connectivity index (χ0) is 14.4. The van der Waals surface area contributed by atoms with Crippen molar-refractivity contribution in [3.05, 3.63) is 34.9 Å². The van der Waals surface area contributed by atoms with Gasteiger partial charge < -0.3 is 10.6 Å². The maximum absolute atomic E-state index is 11.8. The molecule has 106 valence electrons. The van der Waals surface area contributed by atoms with Crippen molar-refractivity contribution >= 4 is 5.91 Å². The molecular weight excluding hydrogens is 236 g/mol. The Hall–Kier alpha value is -1.35. The number of hydrogen-bond donors (Lipinski definition) is 2. The van der Waals surface area contributed by atoms with Gasteiger partial charge in [0.1, 0.15) is 0 Å². The van der Waals surface area contributed by atoms with E-state index in [0.717, 1.165) is 13.1 Å². The van der Waals surface area contributed by atoms with Crippen LogP contribution < -0.4 is 10.6 Å². The summed E-state index contributed by atoms with van der Waals surface area (Å²) in [6, 6.07) is 6.23. The number of rotatable bonds is 6. The summed E-state index contributed by atoms with van der Waals surface area (Å²) in [6.45, 7) is 11.7. The molecule has 0 fully saturated rings. The lowest BCUT2D eigenvalue weighted by atomic mass is 10.1. The van der Waals surface area contributed by atoms with E-state index >= 15 is 0 Å². The first-order chi connectivity index (χ1) is 8.90. The summed E-state index contributed by atoms with van der Waals surface area (Å²) in [5, 5.41) is 6.22. The van der Waals surface area contributed by atoms with E-state index in [2.05, 4.69) is 56.5 Å². The van der Waals surface area contributed by atoms with Crippen molar-refractivity contribution in [2.45, 2.75) is 47.2 Å². The van der Waals surface area contributed by atoms with Gasteiger partial charge in [-0.1, -0.05) is 37.6 Å². The van der Waals surface area contributed by atoms with E-state index in [1.807, 2.05) is 6.92 Å². The summed E-state index contributed by atoms with van der Waals surface area (Å²) in [7, 11) is 0. The largest absolute Gasteiger partial charge is 0.354 e. The standard InChI is InChI=1S/C16H26N2O/c1-11(2)9-18-16(19)14(5)17-10-15-8-12(3)6-7-13(15)4/h6-8,11,14,17H,9-10H2,1-5H3,(H,18,19). The first-order valence-electron chi connectivity index (χ1n) is 6.97. The van der Waals surface area contributed by atoms with Gasteiger partial charge in [-0.05, 0) is 37.8 Å². The molecule has 0 bridgehead atoms. The first kappa shape index (κ1) is 15.7. The molecule has 0 saturated heterocycles. The van der Waals surface area contributed by atoms with Gasteiger partial charge in [-0.15, -0.1) is 0 Å². The molecule has 0 aromatic heterocycles. The van der Waals surface area contributed by atoms with E-state index in [4.69, 9.17) is 0 Å². The number of aryl methyl sites for hydroxylation is 2. The number of amides is 1. The van der Waals surface area contributed by atoms with Gasteiger partial charge in [0.05, 0.1) is 6.04 Å². The minimum atomic E-state index is -0.168. The van der Waals surface area contributed by atoms with E-state index in [1.165, 1.54) is 16.7 Å². The number of nitrogens with one attached hydrogen (secondary N) is 2. The third kappa shape index (κ3) is 5.43.